The van der Waals surface area contributed by atoms with Gasteiger partial charge in [0.25, 0.3) is 5.91 Å². The van der Waals surface area contributed by atoms with Gasteiger partial charge < -0.3 is 20.2 Å². The van der Waals surface area contributed by atoms with Crippen LogP contribution in [-0.4, -0.2) is 15.8 Å². The van der Waals surface area contributed by atoms with Crippen LogP contribution in [0.1, 0.15) is 22.9 Å². The molecule has 1 heterocycles. The van der Waals surface area contributed by atoms with E-state index >= 15 is 0 Å². The molecule has 0 fully saturated rings. The fraction of sp³-hybridized carbons (Fsp3) is 0.143. The number of nitrogens with zero attached hydrogens (tertiary/aromatic N) is 2. The van der Waals surface area contributed by atoms with Crippen molar-refractivity contribution in [1.29, 1.82) is 0 Å². The van der Waals surface area contributed by atoms with E-state index in [9.17, 15) is 28.1 Å². The van der Waals surface area contributed by atoms with E-state index in [-0.39, 0.29) is 16.5 Å². The molecule has 0 aliphatic rings. The lowest BCUT2D eigenvalue weighted by Crippen LogP contribution is -2.26. The zero-order valence-corrected chi connectivity index (χ0v) is 17.1. The predicted molar refractivity (Wildman–Crippen MR) is 111 cm³/mol. The maximum absolute atomic E-state index is 13.0. The number of carbonyl (C=O) groups excluding carboxylic acids is 1. The minimum Gasteiger partial charge on any atom is -0.467 e. The first-order valence-corrected chi connectivity index (χ1v) is 9.45. The van der Waals surface area contributed by atoms with Gasteiger partial charge in [0.1, 0.15) is 5.69 Å². The number of pyridine rings is 1. The number of halogens is 4. The lowest BCUT2D eigenvalue weighted by molar-refractivity contribution is -0.390. The number of amides is 1. The van der Waals surface area contributed by atoms with Gasteiger partial charge >= 0.3 is 12.0 Å². The highest BCUT2D eigenvalue weighted by atomic mass is 35.5. The number of benzene rings is 2. The second-order valence-electron chi connectivity index (χ2n) is 6.62. The number of rotatable bonds is 6. The highest BCUT2D eigenvalue weighted by Crippen LogP contribution is 2.35. The summed E-state index contributed by atoms with van der Waals surface area (Å²) >= 11 is 5.96. The van der Waals surface area contributed by atoms with E-state index in [1.54, 1.807) is 25.1 Å². The first-order valence-electron chi connectivity index (χ1n) is 9.07. The third kappa shape index (κ3) is 5.33. The van der Waals surface area contributed by atoms with Crippen LogP contribution in [-0.2, 0) is 11.0 Å². The van der Waals surface area contributed by atoms with Gasteiger partial charge in [0.05, 0.1) is 16.3 Å². The highest BCUT2D eigenvalue weighted by Gasteiger charge is 2.32. The molecule has 3 aromatic rings. The number of alkyl halides is 3. The lowest BCUT2D eigenvalue weighted by Gasteiger charge is -2.20. The van der Waals surface area contributed by atoms with Crippen LogP contribution >= 0.6 is 11.6 Å². The summed E-state index contributed by atoms with van der Waals surface area (Å²) in [6, 6.07) is 13.2. The van der Waals surface area contributed by atoms with Crippen molar-refractivity contribution in [2.24, 2.45) is 0 Å². The van der Waals surface area contributed by atoms with E-state index in [2.05, 4.69) is 10.3 Å². The van der Waals surface area contributed by atoms with Crippen molar-refractivity contribution >= 4 is 29.0 Å². The molecule has 1 aromatic heterocycles. The van der Waals surface area contributed by atoms with E-state index in [4.69, 9.17) is 16.3 Å². The van der Waals surface area contributed by atoms with Crippen LogP contribution in [0, 0.1) is 17.0 Å². The smallest absolute Gasteiger partial charge is 0.416 e. The molecule has 2 aromatic carbocycles. The van der Waals surface area contributed by atoms with Crippen LogP contribution in [0.4, 0.5) is 24.7 Å². The van der Waals surface area contributed by atoms with Gasteiger partial charge in [0.2, 0.25) is 11.9 Å². The predicted octanol–water partition coefficient (Wildman–Crippen LogP) is 5.73. The molecule has 1 N–H and O–H groups in total. The summed E-state index contributed by atoms with van der Waals surface area (Å²) in [6.07, 6.45) is -6.09. The van der Waals surface area contributed by atoms with Crippen LogP contribution in [0.25, 0.3) is 0 Å². The van der Waals surface area contributed by atoms with Crippen LogP contribution < -0.4 is 10.1 Å². The number of carbonyl (C=O) groups is 1. The molecule has 166 valence electrons. The number of aromatic nitrogens is 1. The van der Waals surface area contributed by atoms with Gasteiger partial charge in [-0.15, -0.1) is 0 Å². The summed E-state index contributed by atoms with van der Waals surface area (Å²) in [6.45, 7) is 1.55. The number of hydrogen-bond acceptors (Lipinski definition) is 5. The van der Waals surface area contributed by atoms with Crippen molar-refractivity contribution in [2.75, 3.05) is 5.32 Å². The minimum atomic E-state index is -4.65. The Hall–Kier alpha value is -3.66. The average Bonchev–Trinajstić information content (AvgIpc) is 2.74. The Morgan fingerprint density at radius 1 is 1.16 bits per heavy atom. The summed E-state index contributed by atoms with van der Waals surface area (Å²) in [4.78, 5) is 27.4. The first kappa shape index (κ1) is 23.0. The Kier molecular flexibility index (Phi) is 6.64. The molecule has 0 spiro atoms. The van der Waals surface area contributed by atoms with Crippen molar-refractivity contribution in [2.45, 2.75) is 19.2 Å². The zero-order valence-electron chi connectivity index (χ0n) is 16.4. The van der Waals surface area contributed by atoms with Crippen molar-refractivity contribution in [3.8, 4) is 5.75 Å². The first-order chi connectivity index (χ1) is 15.1. The Labute approximate surface area is 185 Å². The van der Waals surface area contributed by atoms with Crippen molar-refractivity contribution in [3.63, 3.8) is 0 Å². The van der Waals surface area contributed by atoms with Gasteiger partial charge in [-0.05, 0) is 40.2 Å². The molecule has 0 bridgehead atoms. The van der Waals surface area contributed by atoms with E-state index in [0.29, 0.717) is 17.3 Å². The Bertz CT molecular complexity index is 1160. The molecule has 1 amide bonds. The highest BCUT2D eigenvalue weighted by molar-refractivity contribution is 6.33. The molecule has 0 saturated heterocycles. The van der Waals surface area contributed by atoms with Gasteiger partial charge in [0, 0.05) is 12.5 Å². The van der Waals surface area contributed by atoms with Crippen LogP contribution in [0.15, 0.2) is 60.7 Å². The van der Waals surface area contributed by atoms with E-state index in [0.717, 1.165) is 12.1 Å². The van der Waals surface area contributed by atoms with Crippen molar-refractivity contribution in [3.05, 3.63) is 92.6 Å². The largest absolute Gasteiger partial charge is 0.467 e. The van der Waals surface area contributed by atoms with Gasteiger partial charge in [-0.2, -0.15) is 13.2 Å². The summed E-state index contributed by atoms with van der Waals surface area (Å²) < 4.78 is 44.8. The molecule has 1 unspecified atom stereocenters. The van der Waals surface area contributed by atoms with Crippen LogP contribution in [0.5, 0.6) is 5.75 Å². The molecule has 0 aliphatic heterocycles. The second kappa shape index (κ2) is 9.23. The second-order valence-corrected chi connectivity index (χ2v) is 7.03. The number of nitrogens with one attached hydrogen (secondary N) is 1. The average molecular weight is 466 g/mol. The van der Waals surface area contributed by atoms with Crippen molar-refractivity contribution < 1.29 is 27.6 Å². The fourth-order valence-corrected chi connectivity index (χ4v) is 2.94. The molecule has 3 rings (SSSR count). The lowest BCUT2D eigenvalue weighted by atomic mass is 10.1. The van der Waals surface area contributed by atoms with Gasteiger partial charge in [-0.1, -0.05) is 41.9 Å². The maximum atomic E-state index is 13.0. The van der Waals surface area contributed by atoms with E-state index in [1.807, 2.05) is 0 Å². The minimum absolute atomic E-state index is 0.124. The molecule has 32 heavy (non-hydrogen) atoms. The van der Waals surface area contributed by atoms with Crippen LogP contribution in [0.2, 0.25) is 5.02 Å². The molecule has 0 radical (unpaired) electrons. The molecular formula is C21H15ClF3N3O4. The van der Waals surface area contributed by atoms with Gasteiger partial charge in [-0.3, -0.25) is 4.79 Å². The molecule has 1 atom stereocenters. The SMILES string of the molecule is Cc1ccc(OC(C(=O)Nc2cc(C(F)(F)F)ccc2Cl)c2ccccc2)c([N+](=O)[O-])n1. The molecular weight excluding hydrogens is 451 g/mol. The maximum Gasteiger partial charge on any atom is 0.416 e. The van der Waals surface area contributed by atoms with Crippen molar-refractivity contribution in [1.82, 2.24) is 4.98 Å². The number of anilines is 1. The summed E-state index contributed by atoms with van der Waals surface area (Å²) in [5.41, 5.74) is -0.621. The third-order valence-corrected chi connectivity index (χ3v) is 4.62. The standard InChI is InChI=1S/C21H15ClF3N3O4/c1-12-7-10-17(19(26-12)28(30)31)32-18(13-5-3-2-4-6-13)20(29)27-16-11-14(21(23,24)25)8-9-15(16)22/h2-11,18H,1H3,(H,27,29). The normalized spacial score (nSPS) is 12.2. The van der Waals surface area contributed by atoms with Gasteiger partial charge in [-0.25, -0.2) is 0 Å². The summed E-state index contributed by atoms with van der Waals surface area (Å²) in [5.74, 6) is -1.76. The number of hydrogen-bond donors (Lipinski definition) is 1. The number of nitro groups is 1. The van der Waals surface area contributed by atoms with E-state index < -0.39 is 34.5 Å². The number of aryl methyl sites for hydroxylation is 1. The van der Waals surface area contributed by atoms with E-state index in [1.165, 1.54) is 24.3 Å². The zero-order chi connectivity index (χ0) is 23.5. The topological polar surface area (TPSA) is 94.4 Å². The van der Waals surface area contributed by atoms with Crippen LogP contribution in [0.3, 0.4) is 0 Å². The van der Waals surface area contributed by atoms with Gasteiger partial charge in [0.15, 0.2) is 0 Å². The Balaban J connectivity index is 1.98. The molecule has 0 aliphatic carbocycles. The third-order valence-electron chi connectivity index (χ3n) is 4.29. The Morgan fingerprint density at radius 3 is 2.47 bits per heavy atom. The Morgan fingerprint density at radius 2 is 1.84 bits per heavy atom. The molecule has 7 nitrogen and oxygen atoms in total. The molecule has 0 saturated carbocycles. The number of ether oxygens (including phenoxy) is 1. The quantitative estimate of drug-likeness (QED) is 0.370. The summed E-state index contributed by atoms with van der Waals surface area (Å²) in [5, 5.41) is 13.6. The monoisotopic (exact) mass is 465 g/mol. The fourth-order valence-electron chi connectivity index (χ4n) is 2.78. The molecule has 11 heteroatoms. The summed E-state index contributed by atoms with van der Waals surface area (Å²) in [7, 11) is 0.